The van der Waals surface area contributed by atoms with Gasteiger partial charge in [0.05, 0.1) is 10.8 Å². The quantitative estimate of drug-likeness (QED) is 0.539. The van der Waals surface area contributed by atoms with Gasteiger partial charge in [-0.05, 0) is 29.7 Å². The minimum Gasteiger partial charge on any atom is -0.325 e. The molecule has 5 heteroatoms. The van der Waals surface area contributed by atoms with E-state index in [1.54, 1.807) is 13.0 Å². The van der Waals surface area contributed by atoms with Crippen LogP contribution in [0.4, 0.5) is 11.4 Å². The second kappa shape index (κ2) is 7.61. The first-order valence-electron chi connectivity index (χ1n) is 8.22. The van der Waals surface area contributed by atoms with Gasteiger partial charge in [0.2, 0.25) is 5.91 Å². The molecule has 1 amide bonds. The fourth-order valence-electron chi connectivity index (χ4n) is 2.89. The molecule has 0 saturated carbocycles. The number of nitro benzene ring substituents is 1. The van der Waals surface area contributed by atoms with E-state index in [1.165, 1.54) is 12.1 Å². The second-order valence-corrected chi connectivity index (χ2v) is 6.00. The van der Waals surface area contributed by atoms with Crippen LogP contribution >= 0.6 is 0 Å². The zero-order chi connectivity index (χ0) is 18.5. The van der Waals surface area contributed by atoms with Crippen molar-refractivity contribution in [3.63, 3.8) is 0 Å². The maximum absolute atomic E-state index is 13.0. The molecule has 0 atom stereocenters. The average molecular weight is 346 g/mol. The highest BCUT2D eigenvalue weighted by atomic mass is 16.6. The Morgan fingerprint density at radius 1 is 0.923 bits per heavy atom. The third-order valence-corrected chi connectivity index (χ3v) is 4.21. The van der Waals surface area contributed by atoms with E-state index in [0.29, 0.717) is 11.3 Å². The largest absolute Gasteiger partial charge is 0.325 e. The van der Waals surface area contributed by atoms with Crippen molar-refractivity contribution in [2.75, 3.05) is 5.32 Å². The van der Waals surface area contributed by atoms with Crippen LogP contribution in [0.3, 0.4) is 0 Å². The topological polar surface area (TPSA) is 72.2 Å². The molecule has 0 saturated heterocycles. The minimum atomic E-state index is -0.466. The van der Waals surface area contributed by atoms with Crippen LogP contribution in [-0.4, -0.2) is 10.8 Å². The number of nitrogens with zero attached hydrogens (tertiary/aromatic N) is 1. The van der Waals surface area contributed by atoms with Gasteiger partial charge in [0, 0.05) is 17.8 Å². The Hall–Kier alpha value is -3.47. The van der Waals surface area contributed by atoms with Gasteiger partial charge in [-0.3, -0.25) is 14.9 Å². The fraction of sp³-hybridized carbons (Fsp3) is 0.0952. The summed E-state index contributed by atoms with van der Waals surface area (Å²) in [5.41, 5.74) is 2.99. The predicted octanol–water partition coefficient (Wildman–Crippen LogP) is 4.67. The first kappa shape index (κ1) is 17.4. The number of non-ortho nitro benzene ring substituents is 1. The molecular weight excluding hydrogens is 328 g/mol. The van der Waals surface area contributed by atoms with Crippen molar-refractivity contribution in [1.29, 1.82) is 0 Å². The van der Waals surface area contributed by atoms with E-state index >= 15 is 0 Å². The normalized spacial score (nSPS) is 10.5. The number of hydrogen-bond acceptors (Lipinski definition) is 3. The first-order chi connectivity index (χ1) is 12.6. The van der Waals surface area contributed by atoms with Crippen LogP contribution in [-0.2, 0) is 4.79 Å². The molecule has 5 nitrogen and oxygen atoms in total. The number of amides is 1. The lowest BCUT2D eigenvalue weighted by atomic mass is 9.90. The Morgan fingerprint density at radius 2 is 1.46 bits per heavy atom. The number of nitro groups is 1. The summed E-state index contributed by atoms with van der Waals surface area (Å²) in [4.78, 5) is 23.5. The smallest absolute Gasteiger partial charge is 0.269 e. The number of carbonyl (C=O) groups is 1. The Bertz CT molecular complexity index is 885. The second-order valence-electron chi connectivity index (χ2n) is 6.00. The lowest BCUT2D eigenvalue weighted by Crippen LogP contribution is -2.22. The highest BCUT2D eigenvalue weighted by molar-refractivity contribution is 5.98. The molecule has 3 rings (SSSR count). The van der Waals surface area contributed by atoms with Crippen LogP contribution in [0.25, 0.3) is 0 Å². The van der Waals surface area contributed by atoms with Crippen molar-refractivity contribution < 1.29 is 9.72 Å². The summed E-state index contributed by atoms with van der Waals surface area (Å²) in [7, 11) is 0. The lowest BCUT2D eigenvalue weighted by molar-refractivity contribution is -0.384. The van der Waals surface area contributed by atoms with Crippen molar-refractivity contribution in [2.45, 2.75) is 12.8 Å². The molecule has 1 N–H and O–H groups in total. The number of hydrogen-bond donors (Lipinski definition) is 1. The zero-order valence-corrected chi connectivity index (χ0v) is 14.3. The number of nitrogens with one attached hydrogen (secondary N) is 1. The summed E-state index contributed by atoms with van der Waals surface area (Å²) in [6.45, 7) is 1.74. The van der Waals surface area contributed by atoms with Gasteiger partial charge in [-0.15, -0.1) is 0 Å². The Morgan fingerprint density at radius 3 is 1.92 bits per heavy atom. The molecule has 3 aromatic rings. The van der Waals surface area contributed by atoms with Gasteiger partial charge >= 0.3 is 0 Å². The summed E-state index contributed by atoms with van der Waals surface area (Å²) in [5.74, 6) is -0.647. The highest BCUT2D eigenvalue weighted by Gasteiger charge is 2.23. The van der Waals surface area contributed by atoms with E-state index in [0.717, 1.165) is 11.1 Å². The van der Waals surface area contributed by atoms with Gasteiger partial charge in [-0.2, -0.15) is 0 Å². The molecule has 0 radical (unpaired) electrons. The van der Waals surface area contributed by atoms with E-state index in [4.69, 9.17) is 0 Å². The third-order valence-electron chi connectivity index (χ3n) is 4.21. The molecule has 130 valence electrons. The van der Waals surface area contributed by atoms with E-state index in [9.17, 15) is 14.9 Å². The van der Waals surface area contributed by atoms with Crippen LogP contribution in [0, 0.1) is 17.0 Å². The van der Waals surface area contributed by atoms with Crippen LogP contribution in [0.1, 0.15) is 22.6 Å². The van der Waals surface area contributed by atoms with Crippen LogP contribution < -0.4 is 5.32 Å². The molecular formula is C21H18N2O3. The molecule has 0 fully saturated rings. The van der Waals surface area contributed by atoms with Gasteiger partial charge in [0.25, 0.3) is 5.69 Å². The molecule has 0 heterocycles. The van der Waals surface area contributed by atoms with E-state index in [-0.39, 0.29) is 11.6 Å². The molecule has 26 heavy (non-hydrogen) atoms. The number of anilines is 1. The summed E-state index contributed by atoms with van der Waals surface area (Å²) in [5, 5.41) is 13.8. The predicted molar refractivity (Wildman–Crippen MR) is 101 cm³/mol. The molecule has 0 aliphatic heterocycles. The maximum atomic E-state index is 13.0. The van der Waals surface area contributed by atoms with E-state index in [1.807, 2.05) is 60.7 Å². The Kier molecular flexibility index (Phi) is 5.08. The summed E-state index contributed by atoms with van der Waals surface area (Å²) in [6, 6.07) is 23.5. The van der Waals surface area contributed by atoms with Crippen LogP contribution in [0.5, 0.6) is 0 Å². The number of benzene rings is 3. The van der Waals surface area contributed by atoms with Gasteiger partial charge in [0.1, 0.15) is 0 Å². The molecule has 0 spiro atoms. The minimum absolute atomic E-state index is 0.00293. The van der Waals surface area contributed by atoms with E-state index in [2.05, 4.69) is 5.32 Å². The van der Waals surface area contributed by atoms with Gasteiger partial charge in [-0.25, -0.2) is 0 Å². The number of aryl methyl sites for hydroxylation is 1. The fourth-order valence-corrected chi connectivity index (χ4v) is 2.89. The van der Waals surface area contributed by atoms with Crippen molar-refractivity contribution in [1.82, 2.24) is 0 Å². The molecule has 0 aromatic heterocycles. The summed E-state index contributed by atoms with van der Waals surface area (Å²) < 4.78 is 0. The molecule has 0 aliphatic carbocycles. The van der Waals surface area contributed by atoms with Crippen molar-refractivity contribution in [3.05, 3.63) is 106 Å². The van der Waals surface area contributed by atoms with Crippen molar-refractivity contribution in [3.8, 4) is 0 Å². The Labute approximate surface area is 151 Å². The number of carbonyl (C=O) groups excluding carboxylic acids is 1. The summed E-state index contributed by atoms with van der Waals surface area (Å²) >= 11 is 0. The Balaban J connectivity index is 1.93. The highest BCUT2D eigenvalue weighted by Crippen LogP contribution is 2.28. The van der Waals surface area contributed by atoms with Crippen molar-refractivity contribution in [2.24, 2.45) is 0 Å². The van der Waals surface area contributed by atoms with Crippen LogP contribution in [0.2, 0.25) is 0 Å². The maximum Gasteiger partial charge on any atom is 0.269 e. The lowest BCUT2D eigenvalue weighted by Gasteiger charge is -2.18. The van der Waals surface area contributed by atoms with Gasteiger partial charge in [-0.1, -0.05) is 60.7 Å². The zero-order valence-electron chi connectivity index (χ0n) is 14.3. The van der Waals surface area contributed by atoms with Gasteiger partial charge in [0.15, 0.2) is 0 Å². The average Bonchev–Trinajstić information content (AvgIpc) is 2.65. The molecule has 0 aliphatic rings. The molecule has 0 unspecified atom stereocenters. The third kappa shape index (κ3) is 3.78. The molecule has 3 aromatic carbocycles. The standard InChI is InChI=1S/C21H18N2O3/c1-15-14-18(23(25)26)12-13-19(15)22-21(24)20(16-8-4-2-5-9-16)17-10-6-3-7-11-17/h2-14,20H,1H3,(H,22,24). The number of rotatable bonds is 5. The summed E-state index contributed by atoms with van der Waals surface area (Å²) in [6.07, 6.45) is 0. The van der Waals surface area contributed by atoms with E-state index < -0.39 is 10.8 Å². The van der Waals surface area contributed by atoms with Gasteiger partial charge < -0.3 is 5.32 Å². The van der Waals surface area contributed by atoms with Crippen LogP contribution in [0.15, 0.2) is 78.9 Å². The monoisotopic (exact) mass is 346 g/mol. The first-order valence-corrected chi connectivity index (χ1v) is 8.22. The SMILES string of the molecule is Cc1cc([N+](=O)[O-])ccc1NC(=O)C(c1ccccc1)c1ccccc1. The van der Waals surface area contributed by atoms with Crippen molar-refractivity contribution >= 4 is 17.3 Å². The molecule has 0 bridgehead atoms.